The van der Waals surface area contributed by atoms with Crippen LogP contribution in [0.3, 0.4) is 0 Å². The average molecular weight is 244 g/mol. The summed E-state index contributed by atoms with van der Waals surface area (Å²) in [5, 5.41) is 19.5. The summed E-state index contributed by atoms with van der Waals surface area (Å²) >= 11 is 0. The number of para-hydroxylation sites is 1. The van der Waals surface area contributed by atoms with Gasteiger partial charge in [-0.3, -0.25) is 5.41 Å². The molecule has 0 saturated carbocycles. The van der Waals surface area contributed by atoms with Gasteiger partial charge in [-0.05, 0) is 19.1 Å². The lowest BCUT2D eigenvalue weighted by atomic mass is 10.2. The molecular formula is C12H12N4O2. The Morgan fingerprint density at radius 2 is 2.06 bits per heavy atom. The first-order valence-corrected chi connectivity index (χ1v) is 5.29. The molecule has 0 amide bonds. The Labute approximate surface area is 103 Å². The smallest absolute Gasteiger partial charge is 0.341 e. The van der Waals surface area contributed by atoms with Crippen LogP contribution in [0.4, 0.5) is 11.5 Å². The van der Waals surface area contributed by atoms with E-state index >= 15 is 0 Å². The van der Waals surface area contributed by atoms with Gasteiger partial charge in [-0.2, -0.15) is 4.98 Å². The standard InChI is InChI=1S/C12H12N4O2/c1-7-9(11(17)18)10(16-12(13)14-7)15-8-5-3-2-4-6-8/h2-6H,1H3,(H,17,18)(H3,13,14,15,16). The second-order valence-corrected chi connectivity index (χ2v) is 3.73. The molecule has 6 nitrogen and oxygen atoms in total. The lowest BCUT2D eigenvalue weighted by Crippen LogP contribution is -2.19. The first kappa shape index (κ1) is 11.8. The fraction of sp³-hybridized carbons (Fsp3) is 0.0833. The molecule has 4 N–H and O–H groups in total. The molecule has 0 unspecified atom stereocenters. The van der Waals surface area contributed by atoms with Crippen molar-refractivity contribution >= 4 is 17.5 Å². The first-order chi connectivity index (χ1) is 8.58. The van der Waals surface area contributed by atoms with Crippen LogP contribution in [0, 0.1) is 12.3 Å². The number of anilines is 2. The molecule has 2 rings (SSSR count). The number of hydrogen-bond acceptors (Lipinski definition) is 4. The molecule has 1 heterocycles. The normalized spacial score (nSPS) is 10.1. The van der Waals surface area contributed by atoms with Crippen molar-refractivity contribution in [2.24, 2.45) is 0 Å². The van der Waals surface area contributed by atoms with E-state index in [9.17, 15) is 4.79 Å². The van der Waals surface area contributed by atoms with Crippen molar-refractivity contribution in [2.75, 3.05) is 5.32 Å². The van der Waals surface area contributed by atoms with Gasteiger partial charge < -0.3 is 15.4 Å². The minimum atomic E-state index is -1.09. The Balaban J connectivity index is 2.50. The molecule has 0 aliphatic heterocycles. The van der Waals surface area contributed by atoms with Crippen LogP contribution in [0.1, 0.15) is 16.1 Å². The maximum atomic E-state index is 11.2. The number of carboxylic acids is 1. The van der Waals surface area contributed by atoms with E-state index < -0.39 is 5.97 Å². The summed E-state index contributed by atoms with van der Waals surface area (Å²) in [6.45, 7) is 1.60. The molecule has 0 atom stereocenters. The van der Waals surface area contributed by atoms with E-state index in [1.165, 1.54) is 0 Å². The van der Waals surface area contributed by atoms with Crippen LogP contribution in [-0.4, -0.2) is 21.0 Å². The van der Waals surface area contributed by atoms with E-state index in [1.54, 1.807) is 19.1 Å². The van der Waals surface area contributed by atoms with E-state index in [2.05, 4.69) is 15.3 Å². The zero-order valence-electron chi connectivity index (χ0n) is 9.69. The van der Waals surface area contributed by atoms with Crippen molar-refractivity contribution in [3.8, 4) is 0 Å². The zero-order valence-corrected chi connectivity index (χ0v) is 9.69. The molecule has 0 bridgehead atoms. The van der Waals surface area contributed by atoms with Gasteiger partial charge >= 0.3 is 5.97 Å². The van der Waals surface area contributed by atoms with Crippen molar-refractivity contribution in [3.05, 3.63) is 47.2 Å². The Hall–Kier alpha value is -2.63. The number of aryl methyl sites for hydroxylation is 1. The van der Waals surface area contributed by atoms with Gasteiger partial charge in [0, 0.05) is 11.4 Å². The fourth-order valence-electron chi connectivity index (χ4n) is 1.62. The fourth-order valence-corrected chi connectivity index (χ4v) is 1.62. The third-order valence-electron chi connectivity index (χ3n) is 2.39. The SMILES string of the molecule is Cc1[nH]c(=N)nc(Nc2ccccc2)c1C(=O)O. The van der Waals surface area contributed by atoms with Gasteiger partial charge in [0.1, 0.15) is 5.56 Å². The predicted molar refractivity (Wildman–Crippen MR) is 65.9 cm³/mol. The average Bonchev–Trinajstić information content (AvgIpc) is 2.28. The van der Waals surface area contributed by atoms with E-state index in [4.69, 9.17) is 10.5 Å². The number of carbonyl (C=O) groups is 1. The minimum absolute atomic E-state index is 0.0369. The Kier molecular flexibility index (Phi) is 3.09. The Morgan fingerprint density at radius 3 is 2.67 bits per heavy atom. The molecule has 92 valence electrons. The molecule has 0 aliphatic rings. The number of H-pyrrole nitrogens is 1. The summed E-state index contributed by atoms with van der Waals surface area (Å²) in [6.07, 6.45) is 0. The van der Waals surface area contributed by atoms with Crippen LogP contribution in [0.2, 0.25) is 0 Å². The second-order valence-electron chi connectivity index (χ2n) is 3.73. The highest BCUT2D eigenvalue weighted by molar-refractivity contribution is 5.94. The highest BCUT2D eigenvalue weighted by atomic mass is 16.4. The first-order valence-electron chi connectivity index (χ1n) is 5.29. The zero-order chi connectivity index (χ0) is 13.1. The number of nitrogens with zero attached hydrogens (tertiary/aromatic N) is 1. The van der Waals surface area contributed by atoms with E-state index in [-0.39, 0.29) is 17.0 Å². The summed E-state index contributed by atoms with van der Waals surface area (Å²) in [5.74, 6) is -0.926. The molecule has 0 saturated heterocycles. The van der Waals surface area contributed by atoms with Crippen LogP contribution in [0.25, 0.3) is 0 Å². The Bertz CT molecular complexity index is 634. The van der Waals surface area contributed by atoms with Crippen LogP contribution in [0.15, 0.2) is 30.3 Å². The van der Waals surface area contributed by atoms with Crippen molar-refractivity contribution in [3.63, 3.8) is 0 Å². The molecule has 0 aliphatic carbocycles. The quantitative estimate of drug-likeness (QED) is 0.659. The molecule has 1 aromatic heterocycles. The van der Waals surface area contributed by atoms with Gasteiger partial charge in [-0.25, -0.2) is 4.79 Å². The maximum absolute atomic E-state index is 11.2. The number of rotatable bonds is 3. The molecule has 18 heavy (non-hydrogen) atoms. The number of carboxylic acid groups (broad SMARTS) is 1. The van der Waals surface area contributed by atoms with E-state index in [0.29, 0.717) is 5.69 Å². The van der Waals surface area contributed by atoms with E-state index in [1.807, 2.05) is 18.2 Å². The van der Waals surface area contributed by atoms with Gasteiger partial charge in [0.25, 0.3) is 0 Å². The number of nitrogens with one attached hydrogen (secondary N) is 3. The van der Waals surface area contributed by atoms with Gasteiger partial charge in [0.15, 0.2) is 5.82 Å². The summed E-state index contributed by atoms with van der Waals surface area (Å²) in [5.41, 5.74) is 1.06. The molecule has 0 spiro atoms. The van der Waals surface area contributed by atoms with Gasteiger partial charge in [0.05, 0.1) is 0 Å². The molecule has 0 radical (unpaired) electrons. The van der Waals surface area contributed by atoms with Gasteiger partial charge in [0.2, 0.25) is 5.62 Å². The Morgan fingerprint density at radius 1 is 1.39 bits per heavy atom. The summed E-state index contributed by atoms with van der Waals surface area (Å²) in [7, 11) is 0. The highest BCUT2D eigenvalue weighted by Crippen LogP contribution is 2.18. The number of aromatic nitrogens is 2. The summed E-state index contributed by atoms with van der Waals surface area (Å²) in [4.78, 5) is 17.6. The molecular weight excluding hydrogens is 232 g/mol. The minimum Gasteiger partial charge on any atom is -0.477 e. The predicted octanol–water partition coefficient (Wildman–Crippen LogP) is 1.64. The lowest BCUT2D eigenvalue weighted by molar-refractivity contribution is 0.0696. The van der Waals surface area contributed by atoms with Crippen molar-refractivity contribution in [2.45, 2.75) is 6.92 Å². The number of aromatic carboxylic acids is 1. The third kappa shape index (κ3) is 2.37. The second kappa shape index (κ2) is 4.70. The topological polar surface area (TPSA) is 102 Å². The van der Waals surface area contributed by atoms with Crippen molar-refractivity contribution < 1.29 is 9.90 Å². The molecule has 6 heteroatoms. The maximum Gasteiger partial charge on any atom is 0.341 e. The molecule has 2 aromatic rings. The lowest BCUT2D eigenvalue weighted by Gasteiger charge is -2.10. The van der Waals surface area contributed by atoms with Gasteiger partial charge in [-0.1, -0.05) is 18.2 Å². The largest absolute Gasteiger partial charge is 0.477 e. The van der Waals surface area contributed by atoms with Crippen LogP contribution >= 0.6 is 0 Å². The number of hydrogen-bond donors (Lipinski definition) is 4. The summed E-state index contributed by atoms with van der Waals surface area (Å²) in [6, 6.07) is 9.10. The van der Waals surface area contributed by atoms with E-state index in [0.717, 1.165) is 5.69 Å². The third-order valence-corrected chi connectivity index (χ3v) is 2.39. The van der Waals surface area contributed by atoms with Crippen molar-refractivity contribution in [1.29, 1.82) is 5.41 Å². The number of benzene rings is 1. The monoisotopic (exact) mass is 244 g/mol. The summed E-state index contributed by atoms with van der Waals surface area (Å²) < 4.78 is 0. The molecule has 1 aromatic carbocycles. The van der Waals surface area contributed by atoms with Crippen LogP contribution in [0.5, 0.6) is 0 Å². The number of aromatic amines is 1. The van der Waals surface area contributed by atoms with Gasteiger partial charge in [-0.15, -0.1) is 0 Å². The van der Waals surface area contributed by atoms with Crippen LogP contribution < -0.4 is 10.9 Å². The molecule has 0 fully saturated rings. The van der Waals surface area contributed by atoms with Crippen LogP contribution in [-0.2, 0) is 0 Å². The van der Waals surface area contributed by atoms with Crippen molar-refractivity contribution in [1.82, 2.24) is 9.97 Å². The highest BCUT2D eigenvalue weighted by Gasteiger charge is 2.15.